The Morgan fingerprint density at radius 3 is 2.02 bits per heavy atom. The fraction of sp³-hybridized carbons (Fsp3) is 0.333. The molecule has 0 bridgehead atoms. The van der Waals surface area contributed by atoms with Crippen molar-refractivity contribution in [3.63, 3.8) is 0 Å². The van der Waals surface area contributed by atoms with Gasteiger partial charge in [0.25, 0.3) is 0 Å². The first-order valence-corrected chi connectivity index (χ1v) is 21.7. The molecule has 0 spiro atoms. The Morgan fingerprint density at radius 2 is 1.30 bits per heavy atom. The molecule has 7 aromatic rings. The second-order valence-corrected chi connectivity index (χ2v) is 20.4. The molecule has 60 heavy (non-hydrogen) atoms. The topological polar surface area (TPSA) is 27.1 Å². The van der Waals surface area contributed by atoms with Crippen LogP contribution in [0.4, 0.5) is 22.7 Å². The van der Waals surface area contributed by atoms with Gasteiger partial charge in [-0.05, 0) is 75.3 Å². The van der Waals surface area contributed by atoms with E-state index in [2.05, 4.69) is 189 Å². The Morgan fingerprint density at radius 1 is 0.633 bits per heavy atom. The molecule has 5 aromatic carbocycles. The summed E-state index contributed by atoms with van der Waals surface area (Å²) in [7, 11) is 0. The van der Waals surface area contributed by atoms with Crippen molar-refractivity contribution in [3.05, 3.63) is 150 Å². The molecular formula is C54H57N4OPt-. The Hall–Kier alpha value is -4.54. The third-order valence-electron chi connectivity index (χ3n) is 13.4. The number of rotatable bonds is 6. The molecule has 2 fully saturated rings. The number of fused-ring (bicyclic) bond motifs is 7. The Labute approximate surface area is 371 Å². The maximum Gasteiger partial charge on any atom is 0.225 e. The van der Waals surface area contributed by atoms with Gasteiger partial charge < -0.3 is 9.30 Å². The van der Waals surface area contributed by atoms with Gasteiger partial charge in [0.1, 0.15) is 5.82 Å². The number of para-hydroxylation sites is 3. The van der Waals surface area contributed by atoms with Gasteiger partial charge in [0.05, 0.1) is 5.69 Å². The smallest absolute Gasteiger partial charge is 0.225 e. The monoisotopic (exact) mass is 972 g/mol. The third-order valence-corrected chi connectivity index (χ3v) is 13.4. The van der Waals surface area contributed by atoms with Crippen LogP contribution in [-0.4, -0.2) is 9.55 Å². The van der Waals surface area contributed by atoms with Gasteiger partial charge in [0.15, 0.2) is 12.4 Å². The van der Waals surface area contributed by atoms with Gasteiger partial charge in [-0.15, -0.1) is 35.2 Å². The molecule has 6 heteroatoms. The Bertz CT molecular complexity index is 2790. The van der Waals surface area contributed by atoms with Gasteiger partial charge >= 0.3 is 0 Å². The second-order valence-electron chi connectivity index (χ2n) is 20.4. The molecule has 4 heterocycles. The van der Waals surface area contributed by atoms with Crippen LogP contribution in [0.2, 0.25) is 0 Å². The van der Waals surface area contributed by atoms with Crippen LogP contribution in [0.5, 0.6) is 11.5 Å². The quantitative estimate of drug-likeness (QED) is 0.0943. The number of quaternary nitrogens is 2. The minimum atomic E-state index is -0.125. The fourth-order valence-electron chi connectivity index (χ4n) is 9.86. The molecule has 3 aliphatic rings. The molecule has 1 unspecified atom stereocenters. The molecule has 0 N–H and O–H groups in total. The van der Waals surface area contributed by atoms with Crippen molar-refractivity contribution in [3.8, 4) is 17.3 Å². The van der Waals surface area contributed by atoms with E-state index in [9.17, 15) is 0 Å². The first kappa shape index (κ1) is 40.8. The minimum absolute atomic E-state index is 0. The molecule has 0 amide bonds. The summed E-state index contributed by atoms with van der Waals surface area (Å²) in [5, 5.41) is 2.28. The van der Waals surface area contributed by atoms with Crippen molar-refractivity contribution in [2.75, 3.05) is 0 Å². The summed E-state index contributed by atoms with van der Waals surface area (Å²) in [6, 6.07) is 45.7. The Balaban J connectivity index is 0.00000462. The standard InChI is InChI=1S/C54H57N4O.Pt/c1-52(2,3)38-25-26-55-51(32-38)56-47-20-14-13-19-45(47)46-24-23-43(34-48(46)56)59-44-31-40(54(7,8)9)30-42(33-44)58-35-57(58,49-21-15-16-22-50(49)58)41-28-37(36-17-11-10-12-18-36)27-39(29-41)53(4,5)6;/h13-16,19-32,35-36H,10-12,17-18H2,1-9H3;/q-1;/t57-,58?;/m0./s1. The number of nitrogens with zero attached hydrogens (tertiary/aromatic N) is 4. The van der Waals surface area contributed by atoms with Crippen molar-refractivity contribution >= 4 is 44.6 Å². The third kappa shape index (κ3) is 6.41. The molecule has 310 valence electrons. The van der Waals surface area contributed by atoms with Gasteiger partial charge in [-0.3, -0.25) is 0 Å². The first-order chi connectivity index (χ1) is 28.1. The number of hydrogen-bond acceptors (Lipinski definition) is 2. The summed E-state index contributed by atoms with van der Waals surface area (Å²) in [6.45, 7) is 23.1. The van der Waals surface area contributed by atoms with Crippen LogP contribution < -0.4 is 13.9 Å². The van der Waals surface area contributed by atoms with Crippen LogP contribution >= 0.6 is 0 Å². The van der Waals surface area contributed by atoms with Crippen LogP contribution in [0.25, 0.3) is 27.6 Å². The average Bonchev–Trinajstić information content (AvgIpc) is 3.71. The normalized spacial score (nSPS) is 20.3. The number of pyridine rings is 1. The van der Waals surface area contributed by atoms with Gasteiger partial charge in [-0.25, -0.2) is 9.58 Å². The molecule has 1 saturated carbocycles. The van der Waals surface area contributed by atoms with Crippen molar-refractivity contribution in [2.45, 2.75) is 117 Å². The zero-order valence-corrected chi connectivity index (χ0v) is 38.9. The van der Waals surface area contributed by atoms with E-state index in [0.717, 1.165) is 33.3 Å². The summed E-state index contributed by atoms with van der Waals surface area (Å²) in [5.74, 6) is 2.83. The summed E-state index contributed by atoms with van der Waals surface area (Å²) in [6.07, 6.45) is 8.47. The first-order valence-electron chi connectivity index (χ1n) is 21.7. The minimum Gasteiger partial charge on any atom is -0.509 e. The van der Waals surface area contributed by atoms with E-state index in [4.69, 9.17) is 9.72 Å². The summed E-state index contributed by atoms with van der Waals surface area (Å²) >= 11 is 0. The van der Waals surface area contributed by atoms with Crippen LogP contribution in [0.3, 0.4) is 0 Å². The van der Waals surface area contributed by atoms with Crippen molar-refractivity contribution in [1.82, 2.24) is 18.7 Å². The van der Waals surface area contributed by atoms with Crippen molar-refractivity contribution in [1.29, 1.82) is 0 Å². The van der Waals surface area contributed by atoms with E-state index in [1.54, 1.807) is 0 Å². The molecule has 1 saturated heterocycles. The Kier molecular flexibility index (Phi) is 9.71. The van der Waals surface area contributed by atoms with E-state index in [0.29, 0.717) is 26.6 Å². The molecule has 0 radical (unpaired) electrons. The van der Waals surface area contributed by atoms with E-state index >= 15 is 0 Å². The number of ether oxygens (including phenoxy) is 1. The van der Waals surface area contributed by atoms with E-state index < -0.39 is 0 Å². The van der Waals surface area contributed by atoms with E-state index in [-0.39, 0.29) is 37.3 Å². The average molecular weight is 973 g/mol. The van der Waals surface area contributed by atoms with Crippen molar-refractivity contribution in [2.24, 2.45) is 0 Å². The molecule has 2 aliphatic heterocycles. The fourth-order valence-corrected chi connectivity index (χ4v) is 9.86. The molecule has 5 nitrogen and oxygen atoms in total. The predicted octanol–water partition coefficient (Wildman–Crippen LogP) is 14.8. The van der Waals surface area contributed by atoms with Crippen LogP contribution in [0.1, 0.15) is 123 Å². The van der Waals surface area contributed by atoms with E-state index in [1.165, 1.54) is 71.4 Å². The number of hydrogen-bond donors (Lipinski definition) is 0. The molecule has 2 atom stereocenters. The largest absolute Gasteiger partial charge is 0.509 e. The van der Waals surface area contributed by atoms with Gasteiger partial charge in [0, 0.05) is 68.5 Å². The number of aromatic nitrogens is 2. The van der Waals surface area contributed by atoms with Crippen LogP contribution in [0, 0.1) is 18.8 Å². The molecular weight excluding hydrogens is 916 g/mol. The maximum absolute atomic E-state index is 6.92. The zero-order chi connectivity index (χ0) is 41.1. The summed E-state index contributed by atoms with van der Waals surface area (Å²) < 4.78 is 10.4. The molecule has 1 aliphatic carbocycles. The number of benzene rings is 5. The zero-order valence-electron chi connectivity index (χ0n) is 36.6. The molecule has 10 rings (SSSR count). The van der Waals surface area contributed by atoms with Crippen LogP contribution in [-0.2, 0) is 37.3 Å². The molecule has 2 aromatic heterocycles. The predicted molar refractivity (Wildman–Crippen MR) is 245 cm³/mol. The van der Waals surface area contributed by atoms with Gasteiger partial charge in [0.2, 0.25) is 11.4 Å². The van der Waals surface area contributed by atoms with Crippen molar-refractivity contribution < 1.29 is 25.8 Å². The second kappa shape index (κ2) is 14.3. The maximum atomic E-state index is 6.92. The van der Waals surface area contributed by atoms with E-state index in [1.807, 2.05) is 6.20 Å². The van der Waals surface area contributed by atoms with Gasteiger partial charge in [-0.2, -0.15) is 10.7 Å². The summed E-state index contributed by atoms with van der Waals surface area (Å²) in [5.41, 5.74) is 12.3. The van der Waals surface area contributed by atoms with Crippen LogP contribution in [0.15, 0.2) is 109 Å². The summed E-state index contributed by atoms with van der Waals surface area (Å²) in [4.78, 5) is 4.90. The van der Waals surface area contributed by atoms with Gasteiger partial charge in [-0.1, -0.05) is 130 Å². The SMILES string of the molecule is CC(C)(C)c1cc(Oc2[c-]c3c(cc2)c2ccccc2n3-c2cc(C(C)(C)C)ccn2)[c-]c([N+]23[CH-][N@+]2(c2cc(C4CCCCC4)cc(C(C)(C)C)c2)c2ccccc23)c1.[Pt].